The molecule has 4 heterocycles. The Morgan fingerprint density at radius 2 is 2.03 bits per heavy atom. The van der Waals surface area contributed by atoms with Crippen molar-refractivity contribution in [3.63, 3.8) is 0 Å². The van der Waals surface area contributed by atoms with Crippen LogP contribution in [0.4, 0.5) is 5.82 Å². The van der Waals surface area contributed by atoms with Gasteiger partial charge in [-0.2, -0.15) is 0 Å². The van der Waals surface area contributed by atoms with E-state index in [0.717, 1.165) is 28.0 Å². The largest absolute Gasteiger partial charge is 0.488 e. The molecule has 3 aliphatic rings. The average molecular weight is 397 g/mol. The van der Waals surface area contributed by atoms with Crippen LogP contribution >= 0.6 is 0 Å². The molecule has 0 fully saturated rings. The number of aromatic nitrogens is 2. The molecule has 0 saturated carbocycles. The Hall–Kier alpha value is -3.87. The van der Waals surface area contributed by atoms with Crippen LogP contribution in [0.25, 0.3) is 17.1 Å². The number of hydrogen-bond acceptors (Lipinski definition) is 6. The topological polar surface area (TPSA) is 80.0 Å². The molecule has 3 aromatic rings. The molecule has 1 unspecified atom stereocenters. The number of fused-ring (bicyclic) bond motifs is 4. The number of rotatable bonds is 0. The number of amides is 1. The van der Waals surface area contributed by atoms with Crippen LogP contribution in [0, 0.1) is 5.92 Å². The zero-order valence-corrected chi connectivity index (χ0v) is 16.2. The van der Waals surface area contributed by atoms with E-state index in [0.29, 0.717) is 18.0 Å². The third-order valence-corrected chi connectivity index (χ3v) is 5.12. The van der Waals surface area contributed by atoms with Crippen LogP contribution in [0.2, 0.25) is 0 Å². The van der Waals surface area contributed by atoms with Crippen LogP contribution in [0.5, 0.6) is 5.75 Å². The number of aliphatic imine (C=N–C) groups is 1. The summed E-state index contributed by atoms with van der Waals surface area (Å²) in [6, 6.07) is 13.5. The summed E-state index contributed by atoms with van der Waals surface area (Å²) in [6.07, 6.45) is 9.60. The fourth-order valence-electron chi connectivity index (χ4n) is 3.54. The Labute approximate surface area is 172 Å². The number of carbonyl (C=O) groups is 1. The molecule has 0 N–H and O–H groups in total. The molecule has 2 aromatic carbocycles. The molecule has 30 heavy (non-hydrogen) atoms. The van der Waals surface area contributed by atoms with E-state index in [1.54, 1.807) is 0 Å². The van der Waals surface area contributed by atoms with Crippen molar-refractivity contribution in [3.05, 3.63) is 71.6 Å². The van der Waals surface area contributed by atoms with Crippen molar-refractivity contribution < 1.29 is 9.53 Å². The van der Waals surface area contributed by atoms with Gasteiger partial charge < -0.3 is 9.64 Å². The lowest BCUT2D eigenvalue weighted by molar-refractivity contribution is -0.120. The van der Waals surface area contributed by atoms with E-state index in [2.05, 4.69) is 19.9 Å². The fourth-order valence-corrected chi connectivity index (χ4v) is 3.54. The van der Waals surface area contributed by atoms with Crippen molar-refractivity contribution in [2.75, 3.05) is 13.2 Å². The predicted octanol–water partition coefficient (Wildman–Crippen LogP) is 2.14. The van der Waals surface area contributed by atoms with E-state index < -0.39 is 0 Å². The van der Waals surface area contributed by atoms with Gasteiger partial charge in [0.05, 0.1) is 16.8 Å². The van der Waals surface area contributed by atoms with Crippen LogP contribution in [0.1, 0.15) is 6.42 Å². The Balaban J connectivity index is 1.71. The summed E-state index contributed by atoms with van der Waals surface area (Å²) in [4.78, 5) is 32.0. The second-order valence-corrected chi connectivity index (χ2v) is 7.11. The standard InChI is InChI=1S/C23H19N5O2/c29-23-16-7-10-28(11-8-16)14-17-3-1-2-4-20(17)27-22-19-13-18(30-12-9-24-23)5-6-21(19)25-15-26-22/h1-7,9-10,13-16H,8,11-12H2/b17-14-,24-9-,27-20-. The summed E-state index contributed by atoms with van der Waals surface area (Å²) in [7, 11) is 0. The molecule has 0 saturated heterocycles. The lowest BCUT2D eigenvalue weighted by Crippen LogP contribution is -2.30. The molecule has 7 nitrogen and oxygen atoms in total. The maximum atomic E-state index is 12.3. The van der Waals surface area contributed by atoms with Gasteiger partial charge >= 0.3 is 0 Å². The minimum atomic E-state index is -0.211. The van der Waals surface area contributed by atoms with Gasteiger partial charge in [0.25, 0.3) is 5.91 Å². The fraction of sp³-hybridized carbons (Fsp3) is 0.174. The molecule has 7 heteroatoms. The summed E-state index contributed by atoms with van der Waals surface area (Å²) in [5.41, 5.74) is 0.782. The maximum absolute atomic E-state index is 12.3. The Morgan fingerprint density at radius 1 is 1.10 bits per heavy atom. The van der Waals surface area contributed by atoms with Gasteiger partial charge in [-0.3, -0.25) is 4.79 Å². The van der Waals surface area contributed by atoms with Crippen LogP contribution in [-0.4, -0.2) is 40.1 Å². The quantitative estimate of drug-likeness (QED) is 0.581. The van der Waals surface area contributed by atoms with Crippen molar-refractivity contribution >= 4 is 35.0 Å². The molecule has 1 amide bonds. The molecule has 1 atom stereocenters. The molecule has 0 radical (unpaired) electrons. The van der Waals surface area contributed by atoms with Crippen molar-refractivity contribution in [3.8, 4) is 5.75 Å². The first kappa shape index (κ1) is 18.2. The van der Waals surface area contributed by atoms with E-state index >= 15 is 0 Å². The number of hydrogen-bond donors (Lipinski definition) is 0. The number of benzene rings is 2. The van der Waals surface area contributed by atoms with Crippen molar-refractivity contribution in [2.24, 2.45) is 15.9 Å². The molecular formula is C23H19N5O2. The third-order valence-electron chi connectivity index (χ3n) is 5.12. The number of carbonyl (C=O) groups excluding carboxylic acids is 1. The molecule has 1 aromatic heterocycles. The molecule has 4 bridgehead atoms. The molecule has 0 aliphatic carbocycles. The normalized spacial score (nSPS) is 21.8. The second-order valence-electron chi connectivity index (χ2n) is 7.11. The van der Waals surface area contributed by atoms with Crippen LogP contribution in [-0.2, 0) is 4.79 Å². The summed E-state index contributed by atoms with van der Waals surface area (Å²) in [6.45, 7) is 0.933. The summed E-state index contributed by atoms with van der Waals surface area (Å²) >= 11 is 0. The molecule has 148 valence electrons. The Kier molecular flexibility index (Phi) is 4.77. The van der Waals surface area contributed by atoms with Gasteiger partial charge in [-0.25, -0.2) is 20.0 Å². The highest BCUT2D eigenvalue weighted by Gasteiger charge is 2.18. The van der Waals surface area contributed by atoms with E-state index in [9.17, 15) is 4.79 Å². The van der Waals surface area contributed by atoms with E-state index in [1.807, 2.05) is 60.9 Å². The molecule has 3 aliphatic heterocycles. The average Bonchev–Trinajstić information content (AvgIpc) is 2.78. The van der Waals surface area contributed by atoms with Gasteiger partial charge in [0.15, 0.2) is 5.82 Å². The number of nitrogens with zero attached hydrogens (tertiary/aromatic N) is 5. The smallest absolute Gasteiger partial charge is 0.252 e. The summed E-state index contributed by atoms with van der Waals surface area (Å²) in [5.74, 6) is 0.860. The van der Waals surface area contributed by atoms with Crippen LogP contribution in [0.15, 0.2) is 71.1 Å². The van der Waals surface area contributed by atoms with Crippen LogP contribution < -0.4 is 15.3 Å². The van der Waals surface area contributed by atoms with Gasteiger partial charge in [0.2, 0.25) is 0 Å². The lowest BCUT2D eigenvalue weighted by Gasteiger charge is -2.23. The van der Waals surface area contributed by atoms with E-state index in [-0.39, 0.29) is 18.4 Å². The van der Waals surface area contributed by atoms with E-state index in [4.69, 9.17) is 9.73 Å². The number of para-hydroxylation sites is 1. The van der Waals surface area contributed by atoms with Crippen molar-refractivity contribution in [2.45, 2.75) is 6.42 Å². The summed E-state index contributed by atoms with van der Waals surface area (Å²) < 4.78 is 5.76. The van der Waals surface area contributed by atoms with Crippen LogP contribution in [0.3, 0.4) is 0 Å². The first-order chi connectivity index (χ1) is 14.8. The van der Waals surface area contributed by atoms with E-state index in [1.165, 1.54) is 12.5 Å². The highest BCUT2D eigenvalue weighted by Crippen LogP contribution is 2.25. The minimum Gasteiger partial charge on any atom is -0.488 e. The molecule has 0 spiro atoms. The lowest BCUT2D eigenvalue weighted by atomic mass is 10.0. The van der Waals surface area contributed by atoms with Gasteiger partial charge in [-0.15, -0.1) is 0 Å². The van der Waals surface area contributed by atoms with Crippen molar-refractivity contribution in [1.82, 2.24) is 14.9 Å². The van der Waals surface area contributed by atoms with Gasteiger partial charge in [-0.1, -0.05) is 24.3 Å². The molecule has 6 rings (SSSR count). The highest BCUT2D eigenvalue weighted by molar-refractivity contribution is 5.89. The monoisotopic (exact) mass is 397 g/mol. The Bertz CT molecular complexity index is 1300. The second kappa shape index (κ2) is 7.87. The number of ether oxygens (including phenoxy) is 1. The van der Waals surface area contributed by atoms with Gasteiger partial charge in [0.1, 0.15) is 18.7 Å². The molecular weight excluding hydrogens is 378 g/mol. The van der Waals surface area contributed by atoms with Gasteiger partial charge in [0, 0.05) is 35.8 Å². The maximum Gasteiger partial charge on any atom is 0.252 e. The zero-order chi connectivity index (χ0) is 20.3. The highest BCUT2D eigenvalue weighted by atomic mass is 16.5. The Morgan fingerprint density at radius 3 is 2.93 bits per heavy atom. The first-order valence-electron chi connectivity index (χ1n) is 9.80. The third kappa shape index (κ3) is 3.69. The predicted molar refractivity (Wildman–Crippen MR) is 114 cm³/mol. The first-order valence-corrected chi connectivity index (χ1v) is 9.80. The minimum absolute atomic E-state index is 0.150. The SMILES string of the molecule is O=C1/N=C\COc2ccc3ncnc(c3c2)/N=c2/cccc/c2=C/N2C=CC1CC2. The van der Waals surface area contributed by atoms with Gasteiger partial charge in [-0.05, 0) is 30.7 Å². The summed E-state index contributed by atoms with van der Waals surface area (Å²) in [5, 5.41) is 2.57. The zero-order valence-electron chi connectivity index (χ0n) is 16.2. The van der Waals surface area contributed by atoms with Crippen molar-refractivity contribution in [1.29, 1.82) is 0 Å².